The van der Waals surface area contributed by atoms with Gasteiger partial charge >= 0.3 is 0 Å². The van der Waals surface area contributed by atoms with Crippen LogP contribution in [0.25, 0.3) is 0 Å². The summed E-state index contributed by atoms with van der Waals surface area (Å²) in [5.74, 6) is 1.03. The summed E-state index contributed by atoms with van der Waals surface area (Å²) in [6, 6.07) is 16.9. The molecule has 2 rings (SSSR count). The van der Waals surface area contributed by atoms with Gasteiger partial charge in [-0.25, -0.2) is 0 Å². The van der Waals surface area contributed by atoms with Gasteiger partial charge in [0.15, 0.2) is 0 Å². The summed E-state index contributed by atoms with van der Waals surface area (Å²) in [5, 5.41) is 4.18. The minimum absolute atomic E-state index is 0.449. The van der Waals surface area contributed by atoms with Crippen LogP contribution >= 0.6 is 39.3 Å². The maximum Gasteiger partial charge on any atom is 0.0406 e. The molecule has 0 aliphatic heterocycles. The van der Waals surface area contributed by atoms with Crippen LogP contribution in [0.5, 0.6) is 0 Å². The molecule has 1 nitrogen and oxygen atoms in total. The van der Waals surface area contributed by atoms with Crippen molar-refractivity contribution >= 4 is 39.3 Å². The van der Waals surface area contributed by atoms with Crippen LogP contribution in [0.1, 0.15) is 5.56 Å². The first kappa shape index (κ1) is 15.9. The lowest BCUT2D eigenvalue weighted by Crippen LogP contribution is -2.30. The molecule has 0 aliphatic carbocycles. The van der Waals surface area contributed by atoms with Crippen molar-refractivity contribution in [2.75, 3.05) is 12.8 Å². The molecule has 0 bridgehead atoms. The van der Waals surface area contributed by atoms with Crippen molar-refractivity contribution in [1.29, 1.82) is 0 Å². The first-order valence-electron chi connectivity index (χ1n) is 6.47. The van der Waals surface area contributed by atoms with Crippen LogP contribution in [0.3, 0.4) is 0 Å². The molecular formula is C16H17BrClNS. The molecule has 4 heteroatoms. The van der Waals surface area contributed by atoms with Crippen LogP contribution in [-0.2, 0) is 6.42 Å². The zero-order chi connectivity index (χ0) is 14.4. The monoisotopic (exact) mass is 369 g/mol. The summed E-state index contributed by atoms with van der Waals surface area (Å²) in [7, 11) is 2.02. The van der Waals surface area contributed by atoms with E-state index in [1.54, 1.807) is 0 Å². The van der Waals surface area contributed by atoms with Crippen LogP contribution in [-0.4, -0.2) is 18.8 Å². The smallest absolute Gasteiger partial charge is 0.0406 e. The Kier molecular flexibility index (Phi) is 6.43. The van der Waals surface area contributed by atoms with E-state index < -0.39 is 0 Å². The summed E-state index contributed by atoms with van der Waals surface area (Å²) in [5.41, 5.74) is 1.34. The zero-order valence-corrected chi connectivity index (χ0v) is 14.4. The molecule has 1 N–H and O–H groups in total. The number of halogens is 2. The topological polar surface area (TPSA) is 12.0 Å². The second kappa shape index (κ2) is 8.08. The molecular weight excluding hydrogens is 354 g/mol. The summed E-state index contributed by atoms with van der Waals surface area (Å²) >= 11 is 11.3. The molecule has 0 fully saturated rings. The number of nitrogens with one attached hydrogen (secondary N) is 1. The van der Waals surface area contributed by atoms with Crippen LogP contribution < -0.4 is 5.32 Å². The van der Waals surface area contributed by atoms with Gasteiger partial charge in [0.2, 0.25) is 0 Å². The van der Waals surface area contributed by atoms with E-state index in [1.165, 1.54) is 10.5 Å². The predicted molar refractivity (Wildman–Crippen MR) is 92.9 cm³/mol. The first-order valence-corrected chi connectivity index (χ1v) is 8.63. The Balaban J connectivity index is 1.90. The van der Waals surface area contributed by atoms with Crippen molar-refractivity contribution in [3.05, 3.63) is 63.6 Å². The van der Waals surface area contributed by atoms with Crippen molar-refractivity contribution in [1.82, 2.24) is 5.32 Å². The lowest BCUT2D eigenvalue weighted by atomic mass is 10.1. The molecule has 106 valence electrons. The molecule has 0 heterocycles. The van der Waals surface area contributed by atoms with E-state index >= 15 is 0 Å². The van der Waals surface area contributed by atoms with Crippen molar-refractivity contribution < 1.29 is 0 Å². The maximum absolute atomic E-state index is 5.90. The second-order valence-electron chi connectivity index (χ2n) is 4.58. The van der Waals surface area contributed by atoms with Crippen molar-refractivity contribution in [2.24, 2.45) is 0 Å². The third-order valence-corrected chi connectivity index (χ3v) is 4.96. The molecule has 0 spiro atoms. The van der Waals surface area contributed by atoms with Gasteiger partial charge in [0, 0.05) is 26.2 Å². The standard InChI is InChI=1S/C16H17BrClNS/c1-19-15(10-12-3-2-4-13(17)9-12)11-20-16-7-5-14(18)6-8-16/h2-9,15,19H,10-11H2,1H3. The summed E-state index contributed by atoms with van der Waals surface area (Å²) < 4.78 is 1.13. The lowest BCUT2D eigenvalue weighted by Gasteiger charge is -2.16. The number of likely N-dealkylation sites (N-methyl/N-ethyl adjacent to an activating group) is 1. The Labute approximate surface area is 138 Å². The van der Waals surface area contributed by atoms with Gasteiger partial charge in [-0.05, 0) is 55.4 Å². The Morgan fingerprint density at radius 3 is 2.60 bits per heavy atom. The number of rotatable bonds is 6. The molecule has 0 radical (unpaired) electrons. The molecule has 0 aliphatic rings. The number of hydrogen-bond acceptors (Lipinski definition) is 2. The summed E-state index contributed by atoms with van der Waals surface area (Å²) in [6.45, 7) is 0. The van der Waals surface area contributed by atoms with Crippen LogP contribution in [0.2, 0.25) is 5.02 Å². The van der Waals surface area contributed by atoms with Crippen LogP contribution in [0.4, 0.5) is 0 Å². The molecule has 2 aromatic carbocycles. The Morgan fingerprint density at radius 2 is 1.95 bits per heavy atom. The van der Waals surface area contributed by atoms with Crippen molar-refractivity contribution in [2.45, 2.75) is 17.4 Å². The highest BCUT2D eigenvalue weighted by Crippen LogP contribution is 2.22. The normalized spacial score (nSPS) is 12.3. The average molecular weight is 371 g/mol. The number of hydrogen-bond donors (Lipinski definition) is 1. The van der Waals surface area contributed by atoms with E-state index in [2.05, 4.69) is 57.6 Å². The fraction of sp³-hybridized carbons (Fsp3) is 0.250. The van der Waals surface area contributed by atoms with Gasteiger partial charge in [-0.15, -0.1) is 11.8 Å². The molecule has 1 atom stereocenters. The highest BCUT2D eigenvalue weighted by Gasteiger charge is 2.08. The van der Waals surface area contributed by atoms with Gasteiger partial charge < -0.3 is 5.32 Å². The summed E-state index contributed by atoms with van der Waals surface area (Å²) in [4.78, 5) is 1.25. The highest BCUT2D eigenvalue weighted by molar-refractivity contribution is 9.10. The third kappa shape index (κ3) is 5.13. The molecule has 0 saturated heterocycles. The fourth-order valence-electron chi connectivity index (χ4n) is 1.92. The molecule has 1 unspecified atom stereocenters. The highest BCUT2D eigenvalue weighted by atomic mass is 79.9. The minimum atomic E-state index is 0.449. The fourth-order valence-corrected chi connectivity index (χ4v) is 3.50. The van der Waals surface area contributed by atoms with E-state index in [1.807, 2.05) is 30.9 Å². The molecule has 0 saturated carbocycles. The second-order valence-corrected chi connectivity index (χ2v) is 7.03. The van der Waals surface area contributed by atoms with Crippen molar-refractivity contribution in [3.8, 4) is 0 Å². The van der Waals surface area contributed by atoms with Gasteiger partial charge in [-0.1, -0.05) is 39.7 Å². The van der Waals surface area contributed by atoms with Gasteiger partial charge in [-0.2, -0.15) is 0 Å². The predicted octanol–water partition coefficient (Wildman–Crippen LogP) is 5.03. The number of benzene rings is 2. The van der Waals surface area contributed by atoms with Gasteiger partial charge in [0.25, 0.3) is 0 Å². The SMILES string of the molecule is CNC(CSc1ccc(Cl)cc1)Cc1cccc(Br)c1. The molecule has 20 heavy (non-hydrogen) atoms. The van der Waals surface area contributed by atoms with Crippen LogP contribution in [0, 0.1) is 0 Å². The first-order chi connectivity index (χ1) is 9.67. The Bertz CT molecular complexity index is 544. The maximum atomic E-state index is 5.90. The van der Waals surface area contributed by atoms with Crippen molar-refractivity contribution in [3.63, 3.8) is 0 Å². The van der Waals surface area contributed by atoms with E-state index in [0.29, 0.717) is 6.04 Å². The van der Waals surface area contributed by atoms with E-state index in [4.69, 9.17) is 11.6 Å². The van der Waals surface area contributed by atoms with Crippen LogP contribution in [0.15, 0.2) is 57.9 Å². The average Bonchev–Trinajstić information content (AvgIpc) is 2.45. The van der Waals surface area contributed by atoms with Gasteiger partial charge in [0.05, 0.1) is 0 Å². The summed E-state index contributed by atoms with van der Waals surface area (Å²) in [6.07, 6.45) is 1.02. The lowest BCUT2D eigenvalue weighted by molar-refractivity contribution is 0.617. The van der Waals surface area contributed by atoms with E-state index in [9.17, 15) is 0 Å². The largest absolute Gasteiger partial charge is 0.316 e. The minimum Gasteiger partial charge on any atom is -0.316 e. The zero-order valence-electron chi connectivity index (χ0n) is 11.3. The Morgan fingerprint density at radius 1 is 1.20 bits per heavy atom. The molecule has 2 aromatic rings. The van der Waals surface area contributed by atoms with Gasteiger partial charge in [-0.3, -0.25) is 0 Å². The quantitative estimate of drug-likeness (QED) is 0.716. The Hall–Kier alpha value is -0.480. The molecule has 0 amide bonds. The number of thioether (sulfide) groups is 1. The van der Waals surface area contributed by atoms with E-state index in [0.717, 1.165) is 21.7 Å². The van der Waals surface area contributed by atoms with E-state index in [-0.39, 0.29) is 0 Å². The van der Waals surface area contributed by atoms with Gasteiger partial charge in [0.1, 0.15) is 0 Å². The third-order valence-electron chi connectivity index (χ3n) is 3.04. The molecule has 0 aromatic heterocycles.